The molecule has 0 heterocycles. The van der Waals surface area contributed by atoms with E-state index in [0.717, 1.165) is 17.5 Å². The lowest BCUT2D eigenvalue weighted by molar-refractivity contribution is -0.153. The van der Waals surface area contributed by atoms with Crippen molar-refractivity contribution in [2.75, 3.05) is 0 Å². The zero-order valence-corrected chi connectivity index (χ0v) is 18.4. The number of rotatable bonds is 5. The Bertz CT molecular complexity index is 1220. The Morgan fingerprint density at radius 3 is 2.22 bits per heavy atom. The first-order valence-electron chi connectivity index (χ1n) is 11.4. The Balaban J connectivity index is 1.46. The van der Waals surface area contributed by atoms with Crippen LogP contribution in [-0.4, -0.2) is 5.97 Å². The number of ether oxygens (including phenoxy) is 1. The van der Waals surface area contributed by atoms with Gasteiger partial charge < -0.3 is 4.74 Å². The summed E-state index contributed by atoms with van der Waals surface area (Å²) in [4.78, 5) is 14.2. The minimum Gasteiger partial charge on any atom is -0.451 e. The molecule has 6 rings (SSSR count). The standard InChI is InChI=1S/C30H26O2/c1-20(2)29-16-17-30(25(19-29)24-15-9-14-23(24)18-26(29)30)28(31)32-27(21-10-5-3-6-11-21)22-12-7-4-8-13-22/h3-18,20,27H,19H2,1-2H3. The van der Waals surface area contributed by atoms with E-state index in [1.54, 1.807) is 0 Å². The number of hydrogen-bond donors (Lipinski definition) is 0. The maximum Gasteiger partial charge on any atom is 0.325 e. The molecule has 0 aromatic heterocycles. The molecule has 4 aliphatic rings. The smallest absolute Gasteiger partial charge is 0.325 e. The van der Waals surface area contributed by atoms with Crippen LogP contribution in [0.5, 0.6) is 0 Å². The van der Waals surface area contributed by atoms with Gasteiger partial charge in [0.15, 0.2) is 6.10 Å². The van der Waals surface area contributed by atoms with Gasteiger partial charge in [-0.25, -0.2) is 0 Å². The van der Waals surface area contributed by atoms with Crippen molar-refractivity contribution in [1.82, 2.24) is 0 Å². The highest BCUT2D eigenvalue weighted by Gasteiger charge is 2.65. The lowest BCUT2D eigenvalue weighted by Gasteiger charge is -2.33. The van der Waals surface area contributed by atoms with E-state index in [1.165, 1.54) is 22.3 Å². The van der Waals surface area contributed by atoms with Gasteiger partial charge in [-0.05, 0) is 45.8 Å². The van der Waals surface area contributed by atoms with Gasteiger partial charge in [0.25, 0.3) is 0 Å². The van der Waals surface area contributed by atoms with Gasteiger partial charge in [-0.3, -0.25) is 4.79 Å². The average molecular weight is 419 g/mol. The molecule has 0 N–H and O–H groups in total. The number of fused-ring (bicyclic) bond motifs is 1. The normalized spacial score (nSPS) is 26.6. The molecule has 4 bridgehead atoms. The van der Waals surface area contributed by atoms with Crippen LogP contribution < -0.4 is 0 Å². The van der Waals surface area contributed by atoms with Gasteiger partial charge in [0.1, 0.15) is 5.41 Å². The summed E-state index contributed by atoms with van der Waals surface area (Å²) in [5.74, 6) is 0.236. The van der Waals surface area contributed by atoms with E-state index < -0.39 is 11.5 Å². The quantitative estimate of drug-likeness (QED) is 0.401. The Labute approximate surface area is 189 Å². The fourth-order valence-electron chi connectivity index (χ4n) is 6.01. The SMILES string of the molecule is CC(C)C12C=CC3(C(=O)OC(c4ccccc4)c4ccccc4)C1=CC1=CC=CC1=C3C2. The fourth-order valence-corrected chi connectivity index (χ4v) is 6.01. The van der Waals surface area contributed by atoms with Gasteiger partial charge >= 0.3 is 5.97 Å². The number of carbonyl (C=O) groups excluding carboxylic acids is 1. The molecule has 2 unspecified atom stereocenters. The van der Waals surface area contributed by atoms with Gasteiger partial charge in [0, 0.05) is 5.41 Å². The summed E-state index contributed by atoms with van der Waals surface area (Å²) < 4.78 is 6.43. The van der Waals surface area contributed by atoms with Crippen LogP contribution in [0.1, 0.15) is 37.5 Å². The second kappa shape index (κ2) is 6.80. The summed E-state index contributed by atoms with van der Waals surface area (Å²) >= 11 is 0. The zero-order chi connectivity index (χ0) is 21.9. The lowest BCUT2D eigenvalue weighted by atomic mass is 9.71. The van der Waals surface area contributed by atoms with Crippen molar-refractivity contribution in [2.24, 2.45) is 16.7 Å². The zero-order valence-electron chi connectivity index (χ0n) is 18.4. The van der Waals surface area contributed by atoms with Crippen molar-refractivity contribution in [1.29, 1.82) is 0 Å². The third-order valence-corrected chi connectivity index (χ3v) is 7.76. The van der Waals surface area contributed by atoms with Crippen molar-refractivity contribution in [3.63, 3.8) is 0 Å². The summed E-state index contributed by atoms with van der Waals surface area (Å²) in [7, 11) is 0. The molecular formula is C30H26O2. The maximum absolute atomic E-state index is 14.2. The third-order valence-electron chi connectivity index (χ3n) is 7.76. The van der Waals surface area contributed by atoms with Crippen LogP contribution in [0.2, 0.25) is 0 Å². The van der Waals surface area contributed by atoms with Crippen LogP contribution in [0.3, 0.4) is 0 Å². The van der Waals surface area contributed by atoms with Gasteiger partial charge in [-0.15, -0.1) is 0 Å². The number of benzene rings is 2. The highest BCUT2D eigenvalue weighted by molar-refractivity contribution is 5.94. The Morgan fingerprint density at radius 2 is 1.59 bits per heavy atom. The molecule has 0 amide bonds. The summed E-state index contributed by atoms with van der Waals surface area (Å²) in [6.07, 6.45) is 13.5. The summed E-state index contributed by atoms with van der Waals surface area (Å²) in [5.41, 5.74) is 5.91. The minimum atomic E-state index is -0.784. The van der Waals surface area contributed by atoms with E-state index in [1.807, 2.05) is 60.7 Å². The van der Waals surface area contributed by atoms with Crippen LogP contribution in [0.15, 0.2) is 119 Å². The van der Waals surface area contributed by atoms with Gasteiger partial charge in [0.05, 0.1) is 0 Å². The highest BCUT2D eigenvalue weighted by Crippen LogP contribution is 2.70. The van der Waals surface area contributed by atoms with Crippen molar-refractivity contribution in [3.05, 3.63) is 131 Å². The molecule has 0 saturated heterocycles. The first-order valence-corrected chi connectivity index (χ1v) is 11.4. The molecule has 32 heavy (non-hydrogen) atoms. The maximum atomic E-state index is 14.2. The van der Waals surface area contributed by atoms with E-state index in [0.29, 0.717) is 5.92 Å². The van der Waals surface area contributed by atoms with E-state index >= 15 is 0 Å². The molecule has 0 spiro atoms. The van der Waals surface area contributed by atoms with Crippen LogP contribution in [0, 0.1) is 16.7 Å². The van der Waals surface area contributed by atoms with Gasteiger partial charge in [0.2, 0.25) is 0 Å². The van der Waals surface area contributed by atoms with E-state index in [9.17, 15) is 4.79 Å². The molecule has 1 fully saturated rings. The molecule has 2 aromatic carbocycles. The number of esters is 1. The second-order valence-corrected chi connectivity index (χ2v) is 9.55. The summed E-state index contributed by atoms with van der Waals surface area (Å²) in [6, 6.07) is 20.1. The van der Waals surface area contributed by atoms with Crippen LogP contribution in [0.25, 0.3) is 0 Å². The Hall–Kier alpha value is -3.39. The van der Waals surface area contributed by atoms with Gasteiger partial charge in [-0.2, -0.15) is 0 Å². The van der Waals surface area contributed by atoms with Crippen molar-refractivity contribution in [2.45, 2.75) is 26.4 Å². The Kier molecular flexibility index (Phi) is 4.10. The molecule has 2 heteroatoms. The number of carbonyl (C=O) groups is 1. The molecule has 158 valence electrons. The molecule has 2 aromatic rings. The molecule has 1 saturated carbocycles. The van der Waals surface area contributed by atoms with Crippen LogP contribution in [-0.2, 0) is 9.53 Å². The predicted molar refractivity (Wildman–Crippen MR) is 127 cm³/mol. The fraction of sp³-hybridized carbons (Fsp3) is 0.233. The molecule has 0 aliphatic heterocycles. The second-order valence-electron chi connectivity index (χ2n) is 9.55. The molecule has 4 aliphatic carbocycles. The molecule has 2 atom stereocenters. The van der Waals surface area contributed by atoms with Crippen molar-refractivity contribution < 1.29 is 9.53 Å². The highest BCUT2D eigenvalue weighted by atomic mass is 16.5. The predicted octanol–water partition coefficient (Wildman–Crippen LogP) is 6.65. The topological polar surface area (TPSA) is 26.3 Å². The lowest BCUT2D eigenvalue weighted by Crippen LogP contribution is -2.34. The minimum absolute atomic E-state index is 0.102. The third kappa shape index (κ3) is 2.44. The Morgan fingerprint density at radius 1 is 0.938 bits per heavy atom. The molecule has 2 nitrogen and oxygen atoms in total. The first kappa shape index (κ1) is 19.3. The summed E-state index contributed by atoms with van der Waals surface area (Å²) in [5, 5.41) is 0. The number of hydrogen-bond acceptors (Lipinski definition) is 2. The van der Waals surface area contributed by atoms with Gasteiger partial charge in [-0.1, -0.05) is 111 Å². The first-order chi connectivity index (χ1) is 15.6. The van der Waals surface area contributed by atoms with Crippen molar-refractivity contribution in [3.8, 4) is 0 Å². The molecular weight excluding hydrogens is 392 g/mol. The largest absolute Gasteiger partial charge is 0.451 e. The monoisotopic (exact) mass is 418 g/mol. The number of allylic oxidation sites excluding steroid dienone is 7. The summed E-state index contributed by atoms with van der Waals surface area (Å²) in [6.45, 7) is 4.52. The van der Waals surface area contributed by atoms with E-state index in [2.05, 4.69) is 50.3 Å². The average Bonchev–Trinajstić information content (AvgIpc) is 3.49. The van der Waals surface area contributed by atoms with Crippen LogP contribution in [0.4, 0.5) is 0 Å². The van der Waals surface area contributed by atoms with Crippen LogP contribution >= 0.6 is 0 Å². The molecule has 0 radical (unpaired) electrons. The van der Waals surface area contributed by atoms with E-state index in [-0.39, 0.29) is 11.4 Å². The van der Waals surface area contributed by atoms with Crippen molar-refractivity contribution >= 4 is 5.97 Å². The van der Waals surface area contributed by atoms with E-state index in [4.69, 9.17) is 4.74 Å².